The van der Waals surface area contributed by atoms with Crippen LogP contribution in [0.4, 0.5) is 0 Å². The zero-order chi connectivity index (χ0) is 17.0. The van der Waals surface area contributed by atoms with Crippen molar-refractivity contribution in [2.24, 2.45) is 0 Å². The Morgan fingerprint density at radius 3 is 1.96 bits per heavy atom. The largest absolute Gasteiger partial charge is 0.261 e. The summed E-state index contributed by atoms with van der Waals surface area (Å²) >= 11 is 0. The standard InChI is InChI=1S/C20H15N5/c1-2-7-16(8-3-1)20(17-9-4-5-10-22-17,18-15-21-13-14-23-18)19-24-11-6-12-25-19/h1-15H/t20-/m1/s1. The van der Waals surface area contributed by atoms with Crippen molar-refractivity contribution in [2.75, 3.05) is 0 Å². The third-order valence-corrected chi connectivity index (χ3v) is 4.10. The molecular formula is C20H15N5. The molecule has 3 aromatic heterocycles. The highest BCUT2D eigenvalue weighted by atomic mass is 14.9. The topological polar surface area (TPSA) is 64.5 Å². The molecule has 0 bridgehead atoms. The van der Waals surface area contributed by atoms with E-state index in [4.69, 9.17) is 0 Å². The Morgan fingerprint density at radius 1 is 0.560 bits per heavy atom. The maximum atomic E-state index is 4.63. The molecule has 0 radical (unpaired) electrons. The molecule has 5 nitrogen and oxygen atoms in total. The average Bonchev–Trinajstić information content (AvgIpc) is 2.72. The van der Waals surface area contributed by atoms with Crippen LogP contribution < -0.4 is 0 Å². The molecule has 4 rings (SSSR count). The lowest BCUT2D eigenvalue weighted by molar-refractivity contribution is 0.631. The van der Waals surface area contributed by atoms with Crippen molar-refractivity contribution in [3.8, 4) is 0 Å². The van der Waals surface area contributed by atoms with Gasteiger partial charge in [0.2, 0.25) is 0 Å². The van der Waals surface area contributed by atoms with Crippen molar-refractivity contribution in [3.63, 3.8) is 0 Å². The number of nitrogens with zero attached hydrogens (tertiary/aromatic N) is 5. The van der Waals surface area contributed by atoms with Crippen molar-refractivity contribution in [1.29, 1.82) is 0 Å². The number of hydrogen-bond acceptors (Lipinski definition) is 5. The molecular weight excluding hydrogens is 310 g/mol. The Hall–Kier alpha value is -3.47. The Labute approximate surface area is 145 Å². The van der Waals surface area contributed by atoms with Gasteiger partial charge in [0.1, 0.15) is 5.41 Å². The van der Waals surface area contributed by atoms with Crippen LogP contribution in [0.2, 0.25) is 0 Å². The van der Waals surface area contributed by atoms with Gasteiger partial charge in [-0.2, -0.15) is 0 Å². The van der Waals surface area contributed by atoms with E-state index >= 15 is 0 Å². The molecule has 4 aromatic rings. The van der Waals surface area contributed by atoms with Crippen LogP contribution in [0.3, 0.4) is 0 Å². The molecule has 0 N–H and O–H groups in total. The summed E-state index contributed by atoms with van der Waals surface area (Å²) in [6, 6.07) is 17.7. The van der Waals surface area contributed by atoms with Gasteiger partial charge in [0.05, 0.1) is 17.6 Å². The van der Waals surface area contributed by atoms with Crippen LogP contribution >= 0.6 is 0 Å². The molecule has 0 amide bonds. The first-order valence-electron chi connectivity index (χ1n) is 7.93. The summed E-state index contributed by atoms with van der Waals surface area (Å²) in [5.74, 6) is 0.611. The predicted octanol–water partition coefficient (Wildman–Crippen LogP) is 3.04. The van der Waals surface area contributed by atoms with E-state index in [1.165, 1.54) is 0 Å². The van der Waals surface area contributed by atoms with E-state index in [1.807, 2.05) is 48.5 Å². The number of benzene rings is 1. The summed E-state index contributed by atoms with van der Waals surface area (Å²) in [4.78, 5) is 22.6. The molecule has 25 heavy (non-hydrogen) atoms. The van der Waals surface area contributed by atoms with Gasteiger partial charge in [0, 0.05) is 31.0 Å². The summed E-state index contributed by atoms with van der Waals surface area (Å²) in [5, 5.41) is 0. The molecule has 3 heterocycles. The van der Waals surface area contributed by atoms with Crippen LogP contribution in [0.1, 0.15) is 22.8 Å². The van der Waals surface area contributed by atoms with Gasteiger partial charge in [-0.3, -0.25) is 15.0 Å². The number of aromatic nitrogens is 5. The van der Waals surface area contributed by atoms with Crippen molar-refractivity contribution >= 4 is 0 Å². The Bertz CT molecular complexity index is 765. The molecule has 0 saturated heterocycles. The molecule has 0 saturated carbocycles. The highest BCUT2D eigenvalue weighted by Gasteiger charge is 2.43. The molecule has 1 aromatic carbocycles. The summed E-state index contributed by atoms with van der Waals surface area (Å²) in [6.07, 6.45) is 10.3. The van der Waals surface area contributed by atoms with Crippen LogP contribution in [0.25, 0.3) is 0 Å². The van der Waals surface area contributed by atoms with Gasteiger partial charge in [0.15, 0.2) is 5.82 Å². The Kier molecular flexibility index (Phi) is 3.96. The fourth-order valence-electron chi connectivity index (χ4n) is 3.04. The van der Waals surface area contributed by atoms with E-state index in [9.17, 15) is 0 Å². The summed E-state index contributed by atoms with van der Waals surface area (Å²) in [7, 11) is 0. The quantitative estimate of drug-likeness (QED) is 0.577. The number of hydrogen-bond donors (Lipinski definition) is 0. The maximum absolute atomic E-state index is 4.63. The molecule has 5 heteroatoms. The van der Waals surface area contributed by atoms with E-state index in [2.05, 4.69) is 24.9 Å². The molecule has 0 unspecified atom stereocenters. The van der Waals surface area contributed by atoms with E-state index in [-0.39, 0.29) is 0 Å². The van der Waals surface area contributed by atoms with Crippen LogP contribution in [0, 0.1) is 0 Å². The molecule has 0 aliphatic rings. The highest BCUT2D eigenvalue weighted by molar-refractivity contribution is 5.51. The Morgan fingerprint density at radius 2 is 1.28 bits per heavy atom. The third-order valence-electron chi connectivity index (χ3n) is 4.10. The Balaban J connectivity index is 2.13. The molecule has 120 valence electrons. The second kappa shape index (κ2) is 6.57. The fourth-order valence-corrected chi connectivity index (χ4v) is 3.04. The summed E-state index contributed by atoms with van der Waals surface area (Å²) in [6.45, 7) is 0. The first-order chi connectivity index (χ1) is 12.4. The van der Waals surface area contributed by atoms with Crippen LogP contribution in [-0.4, -0.2) is 24.9 Å². The fraction of sp³-hybridized carbons (Fsp3) is 0.0500. The van der Waals surface area contributed by atoms with Gasteiger partial charge in [-0.25, -0.2) is 9.97 Å². The molecule has 0 fully saturated rings. The minimum absolute atomic E-state index is 0.611. The zero-order valence-corrected chi connectivity index (χ0v) is 13.4. The first-order valence-corrected chi connectivity index (χ1v) is 7.93. The van der Waals surface area contributed by atoms with Crippen LogP contribution in [0.5, 0.6) is 0 Å². The van der Waals surface area contributed by atoms with Crippen LogP contribution in [0.15, 0.2) is 91.8 Å². The van der Waals surface area contributed by atoms with Gasteiger partial charge >= 0.3 is 0 Å². The lowest BCUT2D eigenvalue weighted by Gasteiger charge is -2.31. The third kappa shape index (κ3) is 2.55. The summed E-state index contributed by atoms with van der Waals surface area (Å²) < 4.78 is 0. The van der Waals surface area contributed by atoms with Crippen molar-refractivity contribution in [3.05, 3.63) is 115 Å². The average molecular weight is 325 g/mol. The van der Waals surface area contributed by atoms with Crippen molar-refractivity contribution < 1.29 is 0 Å². The minimum atomic E-state index is -0.835. The van der Waals surface area contributed by atoms with Gasteiger partial charge in [-0.05, 0) is 23.8 Å². The lowest BCUT2D eigenvalue weighted by atomic mass is 9.73. The van der Waals surface area contributed by atoms with Gasteiger partial charge < -0.3 is 0 Å². The maximum Gasteiger partial charge on any atom is 0.150 e. The normalized spacial score (nSPS) is 13.1. The van der Waals surface area contributed by atoms with Gasteiger partial charge in [-0.1, -0.05) is 36.4 Å². The molecule has 0 aliphatic heterocycles. The van der Waals surface area contributed by atoms with Crippen molar-refractivity contribution in [1.82, 2.24) is 24.9 Å². The minimum Gasteiger partial charge on any atom is -0.261 e. The number of pyridine rings is 1. The summed E-state index contributed by atoms with van der Waals surface area (Å²) in [5.41, 5.74) is 1.68. The van der Waals surface area contributed by atoms with Crippen molar-refractivity contribution in [2.45, 2.75) is 5.41 Å². The smallest absolute Gasteiger partial charge is 0.150 e. The van der Waals surface area contributed by atoms with Gasteiger partial charge in [0.25, 0.3) is 0 Å². The monoisotopic (exact) mass is 325 g/mol. The number of rotatable bonds is 4. The van der Waals surface area contributed by atoms with E-state index < -0.39 is 5.41 Å². The van der Waals surface area contributed by atoms with Gasteiger partial charge in [-0.15, -0.1) is 0 Å². The van der Waals surface area contributed by atoms with E-state index in [0.717, 1.165) is 17.0 Å². The highest BCUT2D eigenvalue weighted by Crippen LogP contribution is 2.40. The van der Waals surface area contributed by atoms with E-state index in [1.54, 1.807) is 43.2 Å². The zero-order valence-electron chi connectivity index (χ0n) is 13.4. The van der Waals surface area contributed by atoms with E-state index in [0.29, 0.717) is 5.82 Å². The molecule has 1 atom stereocenters. The van der Waals surface area contributed by atoms with Crippen LogP contribution in [-0.2, 0) is 5.41 Å². The first kappa shape index (κ1) is 15.1. The predicted molar refractivity (Wildman–Crippen MR) is 93.7 cm³/mol. The second-order valence-corrected chi connectivity index (χ2v) is 5.49. The molecule has 0 aliphatic carbocycles. The second-order valence-electron chi connectivity index (χ2n) is 5.49. The SMILES string of the molecule is c1ccc([C@@](c2ccccn2)(c2cnccn2)c2ncccn2)cc1. The lowest BCUT2D eigenvalue weighted by Crippen LogP contribution is -2.35. The molecule has 0 spiro atoms.